The summed E-state index contributed by atoms with van der Waals surface area (Å²) in [5.41, 5.74) is 14.0. The number of aromatic nitrogens is 2. The predicted molar refractivity (Wildman–Crippen MR) is 231 cm³/mol. The van der Waals surface area contributed by atoms with Gasteiger partial charge < -0.3 is 9.47 Å². The summed E-state index contributed by atoms with van der Waals surface area (Å²) < 4.78 is 13.2. The Balaban J connectivity index is 1.02. The van der Waals surface area contributed by atoms with Gasteiger partial charge in [-0.05, 0) is 91.7 Å². The molecule has 2 heterocycles. The maximum absolute atomic E-state index is 6.68. The summed E-state index contributed by atoms with van der Waals surface area (Å²) in [5.74, 6) is 3.50. The zero-order chi connectivity index (χ0) is 38.1. The molecule has 0 atom stereocenters. The Hall–Kier alpha value is -7.30. The lowest BCUT2D eigenvalue weighted by molar-refractivity contribution is 0.359. The summed E-state index contributed by atoms with van der Waals surface area (Å²) in [6.07, 6.45) is 0. The third kappa shape index (κ3) is 5.44. The van der Waals surface area contributed by atoms with E-state index in [4.69, 9.17) is 19.4 Å². The van der Waals surface area contributed by atoms with Crippen LogP contribution >= 0.6 is 0 Å². The molecule has 0 unspecified atom stereocenters. The minimum absolute atomic E-state index is 0.127. The number of rotatable bonds is 5. The van der Waals surface area contributed by atoms with Gasteiger partial charge in [-0.3, -0.25) is 0 Å². The first-order chi connectivity index (χ1) is 28.0. The molecule has 4 nitrogen and oxygen atoms in total. The predicted octanol–water partition coefficient (Wildman–Crippen LogP) is 14.2. The van der Waals surface area contributed by atoms with E-state index in [2.05, 4.69) is 184 Å². The highest BCUT2D eigenvalue weighted by Gasteiger charge is 2.37. The zero-order valence-electron chi connectivity index (χ0n) is 31.5. The van der Waals surface area contributed by atoms with E-state index in [0.717, 1.165) is 61.5 Å². The molecule has 11 rings (SSSR count). The molecule has 0 saturated carbocycles. The molecular weight excluding hydrogens is 697 g/mol. The molecule has 0 saturated heterocycles. The molecule has 0 amide bonds. The van der Waals surface area contributed by atoms with Crippen LogP contribution < -0.4 is 9.47 Å². The van der Waals surface area contributed by atoms with Crippen LogP contribution in [0.1, 0.15) is 25.0 Å². The van der Waals surface area contributed by atoms with E-state index in [1.807, 2.05) is 12.1 Å². The van der Waals surface area contributed by atoms with E-state index in [1.54, 1.807) is 0 Å². The quantitative estimate of drug-likeness (QED) is 0.177. The Morgan fingerprint density at radius 1 is 0.351 bits per heavy atom. The van der Waals surface area contributed by atoms with Gasteiger partial charge in [-0.15, -0.1) is 0 Å². The molecule has 0 fully saturated rings. The van der Waals surface area contributed by atoms with Crippen molar-refractivity contribution < 1.29 is 9.47 Å². The van der Waals surface area contributed by atoms with Crippen LogP contribution in [0.15, 0.2) is 182 Å². The Bertz CT molecular complexity index is 3040. The summed E-state index contributed by atoms with van der Waals surface area (Å²) in [5, 5.41) is 2.26. The average Bonchev–Trinajstić information content (AvgIpc) is 3.49. The lowest BCUT2D eigenvalue weighted by Gasteiger charge is -2.25. The van der Waals surface area contributed by atoms with Crippen molar-refractivity contribution in [1.82, 2.24) is 9.97 Å². The fourth-order valence-electron chi connectivity index (χ4n) is 8.73. The lowest BCUT2D eigenvalue weighted by atomic mass is 9.82. The van der Waals surface area contributed by atoms with Crippen LogP contribution in [-0.2, 0) is 5.41 Å². The topological polar surface area (TPSA) is 44.2 Å². The number of fused-ring (bicyclic) bond motifs is 6. The van der Waals surface area contributed by atoms with E-state index >= 15 is 0 Å². The van der Waals surface area contributed by atoms with Gasteiger partial charge in [0.05, 0.1) is 11.4 Å². The van der Waals surface area contributed by atoms with Gasteiger partial charge in [-0.25, -0.2) is 9.97 Å². The smallest absolute Gasteiger partial charge is 0.170 e. The molecule has 1 aliphatic heterocycles. The van der Waals surface area contributed by atoms with Crippen LogP contribution in [-0.4, -0.2) is 9.97 Å². The van der Waals surface area contributed by atoms with Crippen LogP contribution in [0.3, 0.4) is 0 Å². The molecule has 1 aromatic heterocycles. The summed E-state index contributed by atoms with van der Waals surface area (Å²) in [4.78, 5) is 10.6. The van der Waals surface area contributed by atoms with Gasteiger partial charge in [-0.2, -0.15) is 0 Å². The van der Waals surface area contributed by atoms with Crippen LogP contribution in [0, 0.1) is 0 Å². The minimum Gasteiger partial charge on any atom is -0.450 e. The standard InChI is InChI=1S/C53H36N2O2/c1-53(2)44-24-14-13-22-40(44)43-30-50-51(31-45(43)53)56-48-28-25-35(29-49(48)57-50)36-19-9-12-23-41(36)47-32-46(34-17-7-4-8-18-34)54-52(55-47)42-27-26-37(33-15-5-3-6-16-33)38-20-10-11-21-39(38)42/h3-32H,1-2H3. The normalized spacial score (nSPS) is 13.2. The van der Waals surface area contributed by atoms with Gasteiger partial charge in [0.1, 0.15) is 0 Å². The van der Waals surface area contributed by atoms with Gasteiger partial charge >= 0.3 is 0 Å². The Kier molecular flexibility index (Phi) is 7.48. The first-order valence-electron chi connectivity index (χ1n) is 19.4. The van der Waals surface area contributed by atoms with Crippen molar-refractivity contribution >= 4 is 10.8 Å². The Morgan fingerprint density at radius 2 is 0.930 bits per heavy atom. The third-order valence-electron chi connectivity index (χ3n) is 11.6. The molecule has 8 aromatic carbocycles. The highest BCUT2D eigenvalue weighted by Crippen LogP contribution is 2.55. The number of nitrogens with zero attached hydrogens (tertiary/aromatic N) is 2. The molecule has 1 aliphatic carbocycles. The van der Waals surface area contributed by atoms with Crippen molar-refractivity contribution in [3.63, 3.8) is 0 Å². The van der Waals surface area contributed by atoms with Crippen LogP contribution in [0.25, 0.3) is 78.1 Å². The monoisotopic (exact) mass is 732 g/mol. The second-order valence-electron chi connectivity index (χ2n) is 15.3. The van der Waals surface area contributed by atoms with Gasteiger partial charge in [0, 0.05) is 22.1 Å². The van der Waals surface area contributed by atoms with Crippen LogP contribution in [0.4, 0.5) is 0 Å². The molecule has 0 bridgehead atoms. The number of ether oxygens (including phenoxy) is 2. The third-order valence-corrected chi connectivity index (χ3v) is 11.6. The van der Waals surface area contributed by atoms with Gasteiger partial charge in [0.25, 0.3) is 0 Å². The van der Waals surface area contributed by atoms with Crippen molar-refractivity contribution in [2.24, 2.45) is 0 Å². The Labute approximate surface area is 331 Å². The van der Waals surface area contributed by atoms with Crippen molar-refractivity contribution in [2.75, 3.05) is 0 Å². The first kappa shape index (κ1) is 33.1. The Morgan fingerprint density at radius 3 is 1.72 bits per heavy atom. The maximum Gasteiger partial charge on any atom is 0.170 e. The van der Waals surface area contributed by atoms with Gasteiger partial charge in [0.15, 0.2) is 28.8 Å². The summed E-state index contributed by atoms with van der Waals surface area (Å²) in [6, 6.07) is 63.5. The fraction of sp³-hybridized carbons (Fsp3) is 0.0566. The molecule has 57 heavy (non-hydrogen) atoms. The van der Waals surface area contributed by atoms with E-state index in [-0.39, 0.29) is 5.41 Å². The SMILES string of the molecule is CC1(C)c2ccccc2-c2cc3c(cc21)Oc1ccc(-c2ccccc2-c2cc(-c4ccccc4)nc(-c4ccc(-c5ccccc5)c5ccccc45)n2)cc1O3. The van der Waals surface area contributed by atoms with E-state index in [0.29, 0.717) is 17.3 Å². The van der Waals surface area contributed by atoms with Gasteiger partial charge in [-0.1, -0.05) is 159 Å². The summed E-state index contributed by atoms with van der Waals surface area (Å²) in [6.45, 7) is 4.55. The highest BCUT2D eigenvalue weighted by atomic mass is 16.6. The molecule has 0 N–H and O–H groups in total. The first-order valence-corrected chi connectivity index (χ1v) is 19.4. The molecule has 4 heteroatoms. The zero-order valence-corrected chi connectivity index (χ0v) is 31.5. The summed E-state index contributed by atoms with van der Waals surface area (Å²) >= 11 is 0. The molecular formula is C53H36N2O2. The van der Waals surface area contributed by atoms with Crippen LogP contribution in [0.5, 0.6) is 23.0 Å². The minimum atomic E-state index is -0.127. The largest absolute Gasteiger partial charge is 0.450 e. The second-order valence-corrected chi connectivity index (χ2v) is 15.3. The van der Waals surface area contributed by atoms with E-state index in [1.165, 1.54) is 33.4 Å². The molecule has 270 valence electrons. The number of hydrogen-bond acceptors (Lipinski definition) is 4. The number of benzene rings is 8. The highest BCUT2D eigenvalue weighted by molar-refractivity contribution is 6.04. The molecule has 9 aromatic rings. The van der Waals surface area contributed by atoms with Crippen molar-refractivity contribution in [2.45, 2.75) is 19.3 Å². The van der Waals surface area contributed by atoms with Crippen molar-refractivity contribution in [3.8, 4) is 90.3 Å². The molecule has 0 radical (unpaired) electrons. The van der Waals surface area contributed by atoms with E-state index in [9.17, 15) is 0 Å². The van der Waals surface area contributed by atoms with Gasteiger partial charge in [0.2, 0.25) is 0 Å². The van der Waals surface area contributed by atoms with E-state index < -0.39 is 0 Å². The molecule has 0 spiro atoms. The molecule has 2 aliphatic rings. The maximum atomic E-state index is 6.68. The van der Waals surface area contributed by atoms with Crippen LogP contribution in [0.2, 0.25) is 0 Å². The summed E-state index contributed by atoms with van der Waals surface area (Å²) in [7, 11) is 0. The number of hydrogen-bond donors (Lipinski definition) is 0. The average molecular weight is 733 g/mol. The fourth-order valence-corrected chi connectivity index (χ4v) is 8.73. The van der Waals surface area contributed by atoms with Crippen molar-refractivity contribution in [3.05, 3.63) is 193 Å². The lowest BCUT2D eigenvalue weighted by Crippen LogP contribution is -2.15. The second kappa shape index (κ2) is 12.9. The van der Waals surface area contributed by atoms with Crippen molar-refractivity contribution in [1.29, 1.82) is 0 Å².